The lowest BCUT2D eigenvalue weighted by atomic mass is 11.3. The van der Waals surface area contributed by atoms with Crippen molar-refractivity contribution in [3.05, 3.63) is 0 Å². The number of nitrogens with two attached hydrogens (primary N) is 1. The summed E-state index contributed by atoms with van der Waals surface area (Å²) in [4.78, 5) is 30.9. The Labute approximate surface area is 56.7 Å². The summed E-state index contributed by atoms with van der Waals surface area (Å²) < 4.78 is 12.8. The lowest BCUT2D eigenvalue weighted by Gasteiger charge is -1.82. The maximum atomic E-state index is 9.37. The van der Waals surface area contributed by atoms with Gasteiger partial charge in [0.25, 0.3) is 0 Å². The summed E-state index contributed by atoms with van der Waals surface area (Å²) in [5, 5.41) is 0. The number of primary amides is 1. The van der Waals surface area contributed by atoms with Gasteiger partial charge in [0, 0.05) is 0 Å². The Morgan fingerprint density at radius 2 is 1.60 bits per heavy atom. The van der Waals surface area contributed by atoms with Crippen molar-refractivity contribution in [2.24, 2.45) is 5.73 Å². The van der Waals surface area contributed by atoms with E-state index < -0.39 is 13.9 Å². The molecule has 0 saturated heterocycles. The van der Waals surface area contributed by atoms with Gasteiger partial charge in [-0.05, 0) is 0 Å². The monoisotopic (exact) mass is 173 g/mol. The van der Waals surface area contributed by atoms with Crippen LogP contribution in [0, 0.1) is 0 Å². The minimum Gasteiger partial charge on any atom is -0.453 e. The van der Waals surface area contributed by atoms with Crippen molar-refractivity contribution in [2.45, 2.75) is 0 Å². The van der Waals surface area contributed by atoms with Crippen LogP contribution in [0.4, 0.5) is 4.79 Å². The molecule has 62 valence electrons. The van der Waals surface area contributed by atoms with E-state index in [2.05, 4.69) is 10.5 Å². The van der Waals surface area contributed by atoms with E-state index in [1.54, 1.807) is 0 Å². The molecule has 0 aliphatic carbocycles. The molecule has 0 aromatic rings. The Hall–Kier alpha value is -0.620. The van der Waals surface area contributed by atoms with Gasteiger partial charge in [-0.1, -0.05) is 0 Å². The minimum atomic E-state index is -4.64. The zero-order valence-electron chi connectivity index (χ0n) is 5.09. The Morgan fingerprint density at radius 3 is 1.60 bits per heavy atom. The van der Waals surface area contributed by atoms with Gasteiger partial charge in [-0.15, -0.1) is 0 Å². The summed E-state index contributed by atoms with van der Waals surface area (Å²) in [5.41, 5.74) is 4.43. The number of rotatable bonds is 0. The second-order valence-electron chi connectivity index (χ2n) is 1.04. The van der Waals surface area contributed by atoms with E-state index in [0.717, 1.165) is 0 Å². The molecule has 0 saturated carbocycles. The van der Waals surface area contributed by atoms with Crippen LogP contribution in [0.1, 0.15) is 0 Å². The minimum absolute atomic E-state index is 0.745. The van der Waals surface area contributed by atoms with E-state index in [1.165, 1.54) is 7.11 Å². The van der Waals surface area contributed by atoms with Crippen LogP contribution < -0.4 is 5.73 Å². The first-order chi connectivity index (χ1) is 4.27. The van der Waals surface area contributed by atoms with Crippen molar-refractivity contribution in [2.75, 3.05) is 7.11 Å². The van der Waals surface area contributed by atoms with Crippen LogP contribution in [0.2, 0.25) is 0 Å². The molecule has 0 aliphatic rings. The Morgan fingerprint density at radius 1 is 1.50 bits per heavy atom. The van der Waals surface area contributed by atoms with E-state index in [9.17, 15) is 4.79 Å². The first-order valence-corrected chi connectivity index (χ1v) is 3.45. The normalized spacial score (nSPS) is 9.20. The van der Waals surface area contributed by atoms with Gasteiger partial charge in [0.05, 0.1) is 7.11 Å². The number of carbonyl (C=O) groups is 1. The number of amides is 1. The zero-order chi connectivity index (χ0) is 8.78. The van der Waals surface area contributed by atoms with Gasteiger partial charge in [0.2, 0.25) is 0 Å². The zero-order valence-corrected chi connectivity index (χ0v) is 5.99. The molecule has 0 bridgehead atoms. The van der Waals surface area contributed by atoms with Crippen molar-refractivity contribution >= 4 is 13.9 Å². The molecular weight excluding hydrogens is 165 g/mol. The van der Waals surface area contributed by atoms with Crippen LogP contribution in [-0.4, -0.2) is 27.9 Å². The molecule has 0 rings (SSSR count). The van der Waals surface area contributed by atoms with Crippen molar-refractivity contribution in [3.8, 4) is 0 Å². The van der Waals surface area contributed by atoms with Crippen molar-refractivity contribution < 1.29 is 28.8 Å². The van der Waals surface area contributed by atoms with E-state index in [1.807, 2.05) is 0 Å². The number of ether oxygens (including phenoxy) is 1. The van der Waals surface area contributed by atoms with Gasteiger partial charge >= 0.3 is 13.9 Å². The smallest absolute Gasteiger partial charge is 0.453 e. The molecule has 0 unspecified atom stereocenters. The molecule has 7 nitrogen and oxygen atoms in total. The lowest BCUT2D eigenvalue weighted by Crippen LogP contribution is -2.08. The predicted molar refractivity (Wildman–Crippen MR) is 30.9 cm³/mol. The third-order valence-electron chi connectivity index (χ3n) is 0.201. The molecule has 0 heterocycles. The van der Waals surface area contributed by atoms with Crippen LogP contribution in [-0.2, 0) is 9.30 Å². The second-order valence-corrected chi connectivity index (χ2v) is 2.06. The van der Waals surface area contributed by atoms with Gasteiger partial charge in [-0.2, -0.15) is 0 Å². The SMILES string of the molecule is COC(N)=O.O=P(O)(O)O. The quantitative estimate of drug-likeness (QED) is 0.340. The average molecular weight is 173 g/mol. The predicted octanol–water partition coefficient (Wildman–Crippen LogP) is -1.22. The van der Waals surface area contributed by atoms with Gasteiger partial charge < -0.3 is 25.2 Å². The standard InChI is InChI=1S/C2H5NO2.H3O4P/c1-5-2(3)4;1-5(2,3)4/h1H3,(H2,3,4);(H3,1,2,3,4). The largest absolute Gasteiger partial charge is 0.466 e. The molecule has 0 aromatic heterocycles. The van der Waals surface area contributed by atoms with Crippen LogP contribution in [0.3, 0.4) is 0 Å². The highest BCUT2D eigenvalue weighted by Gasteiger charge is 2.00. The van der Waals surface area contributed by atoms with Crippen molar-refractivity contribution in [3.63, 3.8) is 0 Å². The topological polar surface area (TPSA) is 130 Å². The van der Waals surface area contributed by atoms with Crippen LogP contribution in [0.5, 0.6) is 0 Å². The van der Waals surface area contributed by atoms with Gasteiger partial charge in [0.15, 0.2) is 0 Å². The van der Waals surface area contributed by atoms with E-state index in [-0.39, 0.29) is 0 Å². The van der Waals surface area contributed by atoms with Crippen molar-refractivity contribution in [1.82, 2.24) is 0 Å². The maximum Gasteiger partial charge on any atom is 0.466 e. The fourth-order valence-electron chi connectivity index (χ4n) is 0. The highest BCUT2D eigenvalue weighted by atomic mass is 31.2. The third kappa shape index (κ3) is 158. The van der Waals surface area contributed by atoms with Gasteiger partial charge in [-0.25, -0.2) is 9.36 Å². The maximum absolute atomic E-state index is 9.37. The van der Waals surface area contributed by atoms with E-state index in [4.69, 9.17) is 19.2 Å². The molecule has 8 heteroatoms. The summed E-state index contributed by atoms with van der Waals surface area (Å²) in [5.74, 6) is 0. The Balaban J connectivity index is 0. The molecular formula is C2H8NO6P. The average Bonchev–Trinajstić information content (AvgIpc) is 1.61. The number of hydrogen-bond acceptors (Lipinski definition) is 3. The molecule has 1 amide bonds. The molecule has 0 aliphatic heterocycles. The van der Waals surface area contributed by atoms with Crippen LogP contribution >= 0.6 is 7.82 Å². The number of carbonyl (C=O) groups excluding carboxylic acids is 1. The lowest BCUT2D eigenvalue weighted by molar-refractivity contribution is 0.182. The third-order valence-corrected chi connectivity index (χ3v) is 0.201. The molecule has 0 aromatic carbocycles. The van der Waals surface area contributed by atoms with Crippen LogP contribution in [0.25, 0.3) is 0 Å². The van der Waals surface area contributed by atoms with E-state index >= 15 is 0 Å². The number of hydrogen-bond donors (Lipinski definition) is 4. The first-order valence-electron chi connectivity index (χ1n) is 1.89. The van der Waals surface area contributed by atoms with E-state index in [0.29, 0.717) is 0 Å². The highest BCUT2D eigenvalue weighted by molar-refractivity contribution is 7.45. The molecule has 5 N–H and O–H groups in total. The van der Waals surface area contributed by atoms with Crippen molar-refractivity contribution in [1.29, 1.82) is 0 Å². The van der Waals surface area contributed by atoms with Gasteiger partial charge in [0.1, 0.15) is 0 Å². The first kappa shape index (κ1) is 12.1. The molecule has 0 fully saturated rings. The second kappa shape index (κ2) is 5.19. The molecule has 0 spiro atoms. The Kier molecular flexibility index (Phi) is 6.27. The Bertz CT molecular complexity index is 130. The summed E-state index contributed by atoms with van der Waals surface area (Å²) in [6.07, 6.45) is -0.745. The summed E-state index contributed by atoms with van der Waals surface area (Å²) in [6, 6.07) is 0. The van der Waals surface area contributed by atoms with Crippen LogP contribution in [0.15, 0.2) is 0 Å². The summed E-state index contributed by atoms with van der Waals surface area (Å²) in [6.45, 7) is 0. The molecule has 0 atom stereocenters. The fraction of sp³-hybridized carbons (Fsp3) is 0.500. The van der Waals surface area contributed by atoms with Gasteiger partial charge in [-0.3, -0.25) is 0 Å². The summed E-state index contributed by atoms with van der Waals surface area (Å²) in [7, 11) is -3.41. The molecule has 10 heavy (non-hydrogen) atoms. The molecule has 0 radical (unpaired) electrons. The summed E-state index contributed by atoms with van der Waals surface area (Å²) >= 11 is 0. The number of phosphoric acid groups is 1. The number of methoxy groups -OCH3 is 1. The fourth-order valence-corrected chi connectivity index (χ4v) is 0. The highest BCUT2D eigenvalue weighted by Crippen LogP contribution is 2.25.